The molecule has 3 aromatic carbocycles. The van der Waals surface area contributed by atoms with Crippen LogP contribution in [-0.4, -0.2) is 10.6 Å². The van der Waals surface area contributed by atoms with Gasteiger partial charge in [0.2, 0.25) is 0 Å². The van der Waals surface area contributed by atoms with Gasteiger partial charge in [-0.1, -0.05) is 108 Å². The Kier molecular flexibility index (Phi) is 9.89. The van der Waals surface area contributed by atoms with Crippen LogP contribution >= 0.6 is 17.9 Å². The Morgan fingerprint density at radius 2 is 1.41 bits per heavy atom. The molecule has 0 heterocycles. The Balaban J connectivity index is 0.00000145. The van der Waals surface area contributed by atoms with Crippen LogP contribution < -0.4 is 10.6 Å². The first-order valence-electron chi connectivity index (χ1n) is 9.50. The summed E-state index contributed by atoms with van der Waals surface area (Å²) < 4.78 is 0. The number of phenols is 1. The summed E-state index contributed by atoms with van der Waals surface area (Å²) in [4.78, 5) is 0. The Labute approximate surface area is 192 Å². The molecule has 0 fully saturated rings. The van der Waals surface area contributed by atoms with E-state index in [9.17, 15) is 5.11 Å². The SMILES string of the molecule is CC(C)(C)[N-]Cc1ccccc1Pc1cccc(Cc2ccccc2)c1O.[Cl][Ti+]. The molecule has 5 heteroatoms. The van der Waals surface area contributed by atoms with Crippen molar-refractivity contribution >= 4 is 28.5 Å². The summed E-state index contributed by atoms with van der Waals surface area (Å²) in [6.45, 7) is 7.07. The zero-order valence-corrected chi connectivity index (χ0v) is 20.4. The molecule has 1 atom stereocenters. The Bertz CT molecular complexity index is 897. The zero-order chi connectivity index (χ0) is 21.3. The number of benzene rings is 3. The molecule has 0 saturated carbocycles. The van der Waals surface area contributed by atoms with Crippen LogP contribution in [-0.2, 0) is 32.3 Å². The molecule has 0 radical (unpaired) electrons. The van der Waals surface area contributed by atoms with Crippen molar-refractivity contribution in [1.82, 2.24) is 0 Å². The number of aromatic hydroxyl groups is 1. The van der Waals surface area contributed by atoms with Crippen molar-refractivity contribution in [3.8, 4) is 5.75 Å². The fraction of sp³-hybridized carbons (Fsp3) is 0.250. The molecule has 0 saturated heterocycles. The third kappa shape index (κ3) is 7.89. The second-order valence-electron chi connectivity index (χ2n) is 7.74. The summed E-state index contributed by atoms with van der Waals surface area (Å²) >= 11 is 1.47. The van der Waals surface area contributed by atoms with E-state index in [4.69, 9.17) is 5.32 Å². The van der Waals surface area contributed by atoms with Crippen molar-refractivity contribution in [2.24, 2.45) is 0 Å². The molecule has 0 bridgehead atoms. The van der Waals surface area contributed by atoms with E-state index in [1.165, 1.54) is 35.8 Å². The Morgan fingerprint density at radius 1 is 0.828 bits per heavy atom. The maximum atomic E-state index is 10.8. The average molecular weight is 460 g/mol. The fourth-order valence-corrected chi connectivity index (χ4v) is 4.15. The monoisotopic (exact) mass is 459 g/mol. The van der Waals surface area contributed by atoms with Crippen LogP contribution in [0.1, 0.15) is 37.5 Å². The van der Waals surface area contributed by atoms with Gasteiger partial charge >= 0.3 is 28.7 Å². The summed E-state index contributed by atoms with van der Waals surface area (Å²) in [7, 11) is 5.05. The molecule has 0 spiro atoms. The predicted octanol–water partition coefficient (Wildman–Crippen LogP) is 5.97. The molecule has 3 aromatic rings. The molecular weight excluding hydrogens is 433 g/mol. The van der Waals surface area contributed by atoms with Crippen LogP contribution in [0, 0.1) is 0 Å². The average Bonchev–Trinajstić information content (AvgIpc) is 2.72. The maximum absolute atomic E-state index is 10.8. The number of halogens is 1. The topological polar surface area (TPSA) is 34.3 Å². The van der Waals surface area contributed by atoms with Gasteiger partial charge in [-0.25, -0.2) is 0 Å². The fourth-order valence-electron chi connectivity index (χ4n) is 2.90. The van der Waals surface area contributed by atoms with Crippen LogP contribution in [0.4, 0.5) is 0 Å². The van der Waals surface area contributed by atoms with Gasteiger partial charge in [0.15, 0.2) is 0 Å². The molecule has 0 aliphatic heterocycles. The minimum absolute atomic E-state index is 0.0477. The summed E-state index contributed by atoms with van der Waals surface area (Å²) in [6.07, 6.45) is 0.742. The van der Waals surface area contributed by atoms with Gasteiger partial charge < -0.3 is 10.4 Å². The molecule has 1 N–H and O–H groups in total. The molecule has 2 nitrogen and oxygen atoms in total. The molecule has 0 amide bonds. The van der Waals surface area contributed by atoms with Crippen LogP contribution in [0.15, 0.2) is 72.8 Å². The predicted molar refractivity (Wildman–Crippen MR) is 124 cm³/mol. The van der Waals surface area contributed by atoms with Crippen molar-refractivity contribution in [2.75, 3.05) is 0 Å². The van der Waals surface area contributed by atoms with E-state index in [2.05, 4.69) is 66.5 Å². The van der Waals surface area contributed by atoms with E-state index in [1.54, 1.807) is 0 Å². The number of para-hydroxylation sites is 1. The number of rotatable bonds is 6. The molecule has 3 rings (SSSR count). The van der Waals surface area contributed by atoms with Crippen LogP contribution in [0.3, 0.4) is 0 Å². The molecule has 150 valence electrons. The van der Waals surface area contributed by atoms with Crippen molar-refractivity contribution < 1.29 is 24.5 Å². The standard InChI is InChI=1S/C24H27NOP.ClH.Ti/c1-24(2,3)25-17-20-12-7-8-14-21(20)27-22-15-9-13-19(23(22)26)16-18-10-5-4-6-11-18;;/h4-15,26-27H,16-17H2,1-3H3;1H;/q-1;;+2/p-1. The van der Waals surface area contributed by atoms with E-state index in [0.717, 1.165) is 17.3 Å². The van der Waals surface area contributed by atoms with E-state index in [-0.39, 0.29) is 5.54 Å². The zero-order valence-electron chi connectivity index (χ0n) is 17.1. The van der Waals surface area contributed by atoms with Gasteiger partial charge in [0.25, 0.3) is 0 Å². The first kappa shape index (κ1) is 24.1. The van der Waals surface area contributed by atoms with Gasteiger partial charge in [-0.05, 0) is 16.4 Å². The van der Waals surface area contributed by atoms with Crippen LogP contribution in [0.5, 0.6) is 5.75 Å². The molecule has 0 aliphatic rings. The second kappa shape index (κ2) is 11.9. The molecule has 0 aliphatic carbocycles. The van der Waals surface area contributed by atoms with E-state index >= 15 is 0 Å². The normalized spacial score (nSPS) is 11.3. The molecule has 0 aromatic heterocycles. The van der Waals surface area contributed by atoms with Gasteiger partial charge in [0.1, 0.15) is 5.75 Å². The van der Waals surface area contributed by atoms with Crippen molar-refractivity contribution in [1.29, 1.82) is 0 Å². The molecule has 1 unspecified atom stereocenters. The molecular formula is C24H27ClNOPTi. The van der Waals surface area contributed by atoms with Crippen molar-refractivity contribution in [3.63, 3.8) is 0 Å². The summed E-state index contributed by atoms with van der Waals surface area (Å²) in [5.41, 5.74) is 3.37. The van der Waals surface area contributed by atoms with Crippen LogP contribution in [0.2, 0.25) is 0 Å². The number of hydrogen-bond donors (Lipinski definition) is 1. The third-order valence-electron chi connectivity index (χ3n) is 4.37. The first-order chi connectivity index (χ1) is 13.9. The van der Waals surface area contributed by atoms with Gasteiger partial charge in [0.05, 0.1) is 0 Å². The quantitative estimate of drug-likeness (QED) is 0.357. The minimum atomic E-state index is -0.0477. The molecule has 29 heavy (non-hydrogen) atoms. The summed E-state index contributed by atoms with van der Waals surface area (Å²) in [5.74, 6) is 0.419. The summed E-state index contributed by atoms with van der Waals surface area (Å²) in [5, 5.41) is 17.9. The van der Waals surface area contributed by atoms with Crippen molar-refractivity contribution in [3.05, 3.63) is 94.8 Å². The van der Waals surface area contributed by atoms with E-state index in [0.29, 0.717) is 20.9 Å². The van der Waals surface area contributed by atoms with Crippen molar-refractivity contribution in [2.45, 2.75) is 39.3 Å². The van der Waals surface area contributed by atoms with Gasteiger partial charge in [-0.15, -0.1) is 12.1 Å². The number of phenolic OH excluding ortho intramolecular Hbond substituents is 1. The first-order valence-corrected chi connectivity index (χ1v) is 12.6. The van der Waals surface area contributed by atoms with Gasteiger partial charge in [-0.2, -0.15) is 0 Å². The Morgan fingerprint density at radius 3 is 2.10 bits per heavy atom. The second-order valence-corrected chi connectivity index (χ2v) is 9.07. The number of hydrogen-bond acceptors (Lipinski definition) is 1. The summed E-state index contributed by atoms with van der Waals surface area (Å²) in [6, 6.07) is 24.8. The number of nitrogens with zero attached hydrogens (tertiary/aromatic N) is 1. The van der Waals surface area contributed by atoms with E-state index < -0.39 is 0 Å². The van der Waals surface area contributed by atoms with Gasteiger partial charge in [-0.3, -0.25) is 0 Å². The van der Waals surface area contributed by atoms with E-state index in [1.807, 2.05) is 36.4 Å². The van der Waals surface area contributed by atoms with Gasteiger partial charge in [0, 0.05) is 11.7 Å². The Hall–Kier alpha value is -1.15. The van der Waals surface area contributed by atoms with Crippen LogP contribution in [0.25, 0.3) is 5.32 Å². The third-order valence-corrected chi connectivity index (χ3v) is 5.80.